The molecule has 1 aliphatic rings. The molecular weight excluding hydrogens is 393 g/mol. The summed E-state index contributed by atoms with van der Waals surface area (Å²) in [5, 5.41) is 10.5. The molecule has 152 valence electrons. The number of hydrogen-bond acceptors (Lipinski definition) is 4. The van der Waals surface area contributed by atoms with Crippen molar-refractivity contribution in [2.45, 2.75) is 6.04 Å². The van der Waals surface area contributed by atoms with E-state index in [0.29, 0.717) is 11.5 Å². The maximum Gasteiger partial charge on any atom is 0.258 e. The smallest absolute Gasteiger partial charge is 0.258 e. The second kappa shape index (κ2) is 7.87. The molecule has 0 aliphatic carbocycles. The first kappa shape index (κ1) is 18.7. The molecule has 1 atom stereocenters. The number of anilines is 2. The molecule has 0 spiro atoms. The van der Waals surface area contributed by atoms with Crippen LogP contribution >= 0.6 is 0 Å². The lowest BCUT2D eigenvalue weighted by molar-refractivity contribution is 0.102. The van der Waals surface area contributed by atoms with Crippen molar-refractivity contribution in [3.8, 4) is 0 Å². The van der Waals surface area contributed by atoms with Gasteiger partial charge in [0, 0.05) is 11.3 Å². The van der Waals surface area contributed by atoms with Crippen molar-refractivity contribution in [1.82, 2.24) is 14.8 Å². The molecule has 0 radical (unpaired) electrons. The molecule has 0 fully saturated rings. The van der Waals surface area contributed by atoms with E-state index in [9.17, 15) is 9.18 Å². The van der Waals surface area contributed by atoms with Crippen molar-refractivity contribution in [3.63, 3.8) is 0 Å². The molecule has 2 heterocycles. The minimum absolute atomic E-state index is 0.167. The highest BCUT2D eigenvalue weighted by molar-refractivity contribution is 6.03. The quantitative estimate of drug-likeness (QED) is 0.510. The Morgan fingerprint density at radius 2 is 1.61 bits per heavy atom. The van der Waals surface area contributed by atoms with E-state index >= 15 is 0 Å². The summed E-state index contributed by atoms with van der Waals surface area (Å²) in [6.07, 6.45) is 2.08. The number of carbonyl (C=O) groups excluding carboxylic acids is 1. The zero-order chi connectivity index (χ0) is 21.2. The van der Waals surface area contributed by atoms with Crippen molar-refractivity contribution >= 4 is 23.5 Å². The van der Waals surface area contributed by atoms with E-state index in [4.69, 9.17) is 0 Å². The van der Waals surface area contributed by atoms with Crippen molar-refractivity contribution in [2.75, 3.05) is 10.6 Å². The largest absolute Gasteiger partial charge is 0.324 e. The van der Waals surface area contributed by atoms with Crippen LogP contribution in [0.15, 0.2) is 91.0 Å². The lowest BCUT2D eigenvalue weighted by atomic mass is 10.0. The lowest BCUT2D eigenvalue weighted by Gasteiger charge is -2.24. The predicted molar refractivity (Wildman–Crippen MR) is 117 cm³/mol. The van der Waals surface area contributed by atoms with Gasteiger partial charge in [-0.2, -0.15) is 4.98 Å². The fourth-order valence-corrected chi connectivity index (χ4v) is 3.49. The number of hydrogen-bond donors (Lipinski definition) is 2. The van der Waals surface area contributed by atoms with Crippen LogP contribution in [0.3, 0.4) is 0 Å². The number of nitrogens with zero attached hydrogens (tertiary/aromatic N) is 3. The average molecular weight is 411 g/mol. The third-order valence-corrected chi connectivity index (χ3v) is 5.02. The van der Waals surface area contributed by atoms with Gasteiger partial charge in [0.25, 0.3) is 11.9 Å². The van der Waals surface area contributed by atoms with E-state index < -0.39 is 11.7 Å². The van der Waals surface area contributed by atoms with Crippen molar-refractivity contribution in [3.05, 3.63) is 114 Å². The SMILES string of the molecule is O=C(Nc1nc2n(n1)C(c1ccccc1)C=C(c1ccccc1)N2)c1ccc(F)cc1. The molecule has 31 heavy (non-hydrogen) atoms. The topological polar surface area (TPSA) is 71.8 Å². The Morgan fingerprint density at radius 3 is 2.32 bits per heavy atom. The first-order valence-corrected chi connectivity index (χ1v) is 9.80. The van der Waals surface area contributed by atoms with Crippen molar-refractivity contribution < 1.29 is 9.18 Å². The summed E-state index contributed by atoms with van der Waals surface area (Å²) < 4.78 is 14.9. The zero-order valence-corrected chi connectivity index (χ0v) is 16.4. The highest BCUT2D eigenvalue weighted by atomic mass is 19.1. The van der Waals surface area contributed by atoms with Gasteiger partial charge in [0.2, 0.25) is 5.95 Å². The average Bonchev–Trinajstić information content (AvgIpc) is 3.22. The summed E-state index contributed by atoms with van der Waals surface area (Å²) in [6, 6.07) is 25.0. The van der Waals surface area contributed by atoms with Crippen LogP contribution in [0.4, 0.5) is 16.3 Å². The molecule has 3 aromatic carbocycles. The Labute approximate surface area is 178 Å². The first-order valence-electron chi connectivity index (χ1n) is 9.80. The summed E-state index contributed by atoms with van der Waals surface area (Å²) in [6.45, 7) is 0. The minimum atomic E-state index is -0.407. The number of allylic oxidation sites excluding steroid dienone is 1. The van der Waals surface area contributed by atoms with Gasteiger partial charge in [-0.05, 0) is 41.5 Å². The van der Waals surface area contributed by atoms with E-state index in [1.54, 1.807) is 4.68 Å². The number of aromatic nitrogens is 3. The number of rotatable bonds is 4. The second-order valence-corrected chi connectivity index (χ2v) is 7.09. The van der Waals surface area contributed by atoms with Gasteiger partial charge in [0.15, 0.2) is 0 Å². The fraction of sp³-hybridized carbons (Fsp3) is 0.0417. The van der Waals surface area contributed by atoms with E-state index in [2.05, 4.69) is 26.8 Å². The van der Waals surface area contributed by atoms with Gasteiger partial charge < -0.3 is 5.32 Å². The Hall–Kier alpha value is -4.26. The highest BCUT2D eigenvalue weighted by Gasteiger charge is 2.25. The van der Waals surface area contributed by atoms with E-state index in [1.165, 1.54) is 24.3 Å². The highest BCUT2D eigenvalue weighted by Crippen LogP contribution is 2.33. The van der Waals surface area contributed by atoms with Gasteiger partial charge in [-0.25, -0.2) is 9.07 Å². The van der Waals surface area contributed by atoms with Gasteiger partial charge in [0.1, 0.15) is 11.9 Å². The molecule has 0 bridgehead atoms. The summed E-state index contributed by atoms with van der Waals surface area (Å²) >= 11 is 0. The molecule has 6 nitrogen and oxygen atoms in total. The molecule has 2 N–H and O–H groups in total. The van der Waals surface area contributed by atoms with Gasteiger partial charge in [0.05, 0.1) is 0 Å². The number of amides is 1. The summed E-state index contributed by atoms with van der Waals surface area (Å²) in [5.74, 6) is -0.123. The molecule has 0 saturated heterocycles. The summed E-state index contributed by atoms with van der Waals surface area (Å²) in [5.41, 5.74) is 3.30. The molecule has 4 aromatic rings. The zero-order valence-electron chi connectivity index (χ0n) is 16.4. The maximum absolute atomic E-state index is 13.1. The van der Waals surface area contributed by atoms with Gasteiger partial charge in [-0.1, -0.05) is 60.7 Å². The van der Waals surface area contributed by atoms with Crippen LogP contribution in [0, 0.1) is 5.82 Å². The fourth-order valence-electron chi connectivity index (χ4n) is 3.49. The summed E-state index contributed by atoms with van der Waals surface area (Å²) in [7, 11) is 0. The molecule has 1 aliphatic heterocycles. The number of benzene rings is 3. The van der Waals surface area contributed by atoms with Crippen LogP contribution in [0.5, 0.6) is 0 Å². The van der Waals surface area contributed by atoms with Crippen LogP contribution in [0.25, 0.3) is 5.70 Å². The third-order valence-electron chi connectivity index (χ3n) is 5.02. The monoisotopic (exact) mass is 411 g/mol. The van der Waals surface area contributed by atoms with E-state index in [-0.39, 0.29) is 12.0 Å². The minimum Gasteiger partial charge on any atom is -0.324 e. The van der Waals surface area contributed by atoms with Crippen LogP contribution < -0.4 is 10.6 Å². The van der Waals surface area contributed by atoms with Gasteiger partial charge >= 0.3 is 0 Å². The first-order chi connectivity index (χ1) is 15.2. The molecule has 1 unspecified atom stereocenters. The standard InChI is InChI=1S/C24H18FN5O/c25-19-13-11-18(12-14-19)22(31)27-23-28-24-26-20(16-7-3-1-4-8-16)15-21(30(24)29-23)17-9-5-2-6-10-17/h1-15,21H,(H2,26,27,28,29,31). The van der Waals surface area contributed by atoms with Gasteiger partial charge in [-0.15, -0.1) is 5.10 Å². The Kier molecular flexibility index (Phi) is 4.76. The second-order valence-electron chi connectivity index (χ2n) is 7.09. The van der Waals surface area contributed by atoms with Crippen LogP contribution in [-0.4, -0.2) is 20.7 Å². The lowest BCUT2D eigenvalue weighted by Crippen LogP contribution is -2.20. The third kappa shape index (κ3) is 3.81. The molecular formula is C24H18FN5O. The predicted octanol–water partition coefficient (Wildman–Crippen LogP) is 4.73. The van der Waals surface area contributed by atoms with Crippen LogP contribution in [-0.2, 0) is 0 Å². The molecule has 7 heteroatoms. The van der Waals surface area contributed by atoms with Crippen molar-refractivity contribution in [2.24, 2.45) is 0 Å². The van der Waals surface area contributed by atoms with E-state index in [0.717, 1.165) is 16.8 Å². The van der Waals surface area contributed by atoms with Gasteiger partial charge in [-0.3, -0.25) is 10.1 Å². The number of fused-ring (bicyclic) bond motifs is 1. The van der Waals surface area contributed by atoms with Crippen LogP contribution in [0.2, 0.25) is 0 Å². The van der Waals surface area contributed by atoms with E-state index in [1.807, 2.05) is 60.7 Å². The number of nitrogens with one attached hydrogen (secondary N) is 2. The Balaban J connectivity index is 1.49. The molecule has 5 rings (SSSR count). The normalized spacial score (nSPS) is 14.9. The molecule has 0 saturated carbocycles. The van der Waals surface area contributed by atoms with Crippen LogP contribution in [0.1, 0.15) is 27.5 Å². The molecule has 1 amide bonds. The van der Waals surface area contributed by atoms with Crippen molar-refractivity contribution in [1.29, 1.82) is 0 Å². The Bertz CT molecular complexity index is 1250. The summed E-state index contributed by atoms with van der Waals surface area (Å²) in [4.78, 5) is 17.0. The Morgan fingerprint density at radius 1 is 0.935 bits per heavy atom. The molecule has 1 aromatic heterocycles. The number of halogens is 1. The number of carbonyl (C=O) groups is 1. The maximum atomic E-state index is 13.1.